The lowest BCUT2D eigenvalue weighted by atomic mass is 10.1. The van der Waals surface area contributed by atoms with Crippen molar-refractivity contribution in [2.24, 2.45) is 5.73 Å². The summed E-state index contributed by atoms with van der Waals surface area (Å²) >= 11 is 0. The summed E-state index contributed by atoms with van der Waals surface area (Å²) in [7, 11) is 0. The third-order valence-corrected chi connectivity index (χ3v) is 2.93. The summed E-state index contributed by atoms with van der Waals surface area (Å²) in [6, 6.07) is 12.8. The van der Waals surface area contributed by atoms with E-state index >= 15 is 0 Å². The number of aromatic nitrogens is 1. The molecule has 0 amide bonds. The average molecular weight is 214 g/mol. The number of benzene rings is 1. The largest absolute Gasteiger partial charge is 0.324 e. The number of nitrogens with two attached hydrogens (primary N) is 1. The first-order chi connectivity index (χ1) is 7.59. The molecule has 2 heteroatoms. The van der Waals surface area contributed by atoms with Gasteiger partial charge in [0.2, 0.25) is 0 Å². The van der Waals surface area contributed by atoms with Crippen LogP contribution in [0.2, 0.25) is 0 Å². The first kappa shape index (κ1) is 11.0. The van der Waals surface area contributed by atoms with Crippen molar-refractivity contribution < 1.29 is 0 Å². The summed E-state index contributed by atoms with van der Waals surface area (Å²) in [4.78, 5) is 0. The Balaban J connectivity index is 2.52. The zero-order valence-electron chi connectivity index (χ0n) is 10.1. The summed E-state index contributed by atoms with van der Waals surface area (Å²) in [5.74, 6) is 0. The maximum Gasteiger partial charge on any atom is 0.0458 e. The Morgan fingerprint density at radius 1 is 1.06 bits per heavy atom. The minimum atomic E-state index is 0.0797. The maximum atomic E-state index is 5.90. The van der Waals surface area contributed by atoms with Crippen molar-refractivity contribution in [3.63, 3.8) is 0 Å². The van der Waals surface area contributed by atoms with Gasteiger partial charge >= 0.3 is 0 Å². The van der Waals surface area contributed by atoms with E-state index in [1.807, 2.05) is 6.92 Å². The van der Waals surface area contributed by atoms with E-state index in [0.717, 1.165) is 0 Å². The third kappa shape index (κ3) is 1.89. The van der Waals surface area contributed by atoms with Crippen molar-refractivity contribution in [1.82, 2.24) is 4.57 Å². The maximum absolute atomic E-state index is 5.90. The predicted molar refractivity (Wildman–Crippen MR) is 67.8 cm³/mol. The molecule has 0 aliphatic carbocycles. The molecule has 0 spiro atoms. The minimum absolute atomic E-state index is 0.0797. The average Bonchev–Trinajstić information content (AvgIpc) is 2.59. The summed E-state index contributed by atoms with van der Waals surface area (Å²) in [5, 5.41) is 0. The van der Waals surface area contributed by atoms with Crippen molar-refractivity contribution in [3.05, 3.63) is 53.3 Å². The van der Waals surface area contributed by atoms with E-state index < -0.39 is 0 Å². The van der Waals surface area contributed by atoms with Gasteiger partial charge in [-0.25, -0.2) is 0 Å². The number of aryl methyl sites for hydroxylation is 2. The number of hydrogen-bond donors (Lipinski definition) is 1. The van der Waals surface area contributed by atoms with Crippen LogP contribution in [0, 0.1) is 13.8 Å². The van der Waals surface area contributed by atoms with Gasteiger partial charge in [0.05, 0.1) is 0 Å². The van der Waals surface area contributed by atoms with Crippen molar-refractivity contribution in [1.29, 1.82) is 0 Å². The first-order valence-electron chi connectivity index (χ1n) is 5.60. The molecule has 2 N–H and O–H groups in total. The fourth-order valence-electron chi connectivity index (χ4n) is 2.02. The molecular formula is C14H18N2. The van der Waals surface area contributed by atoms with Gasteiger partial charge in [-0.1, -0.05) is 12.1 Å². The van der Waals surface area contributed by atoms with Gasteiger partial charge in [0.15, 0.2) is 0 Å². The number of rotatable bonds is 2. The van der Waals surface area contributed by atoms with Crippen LogP contribution in [0.4, 0.5) is 0 Å². The zero-order chi connectivity index (χ0) is 11.7. The minimum Gasteiger partial charge on any atom is -0.324 e. The van der Waals surface area contributed by atoms with Crippen molar-refractivity contribution in [3.8, 4) is 5.69 Å². The Hall–Kier alpha value is -1.54. The molecule has 0 saturated heterocycles. The lowest BCUT2D eigenvalue weighted by molar-refractivity contribution is 0.814. The van der Waals surface area contributed by atoms with Gasteiger partial charge in [-0.2, -0.15) is 0 Å². The van der Waals surface area contributed by atoms with Crippen molar-refractivity contribution >= 4 is 0 Å². The standard InChI is InChI=1S/C14H18N2/c1-10-7-8-11(2)16(10)14-6-4-5-13(9-14)12(3)15/h4-9,12H,15H2,1-3H3. The molecule has 2 rings (SSSR count). The van der Waals surface area contributed by atoms with E-state index in [1.165, 1.54) is 22.6 Å². The molecule has 0 radical (unpaired) electrons. The van der Waals surface area contributed by atoms with Gasteiger partial charge in [-0.05, 0) is 50.6 Å². The second-order valence-corrected chi connectivity index (χ2v) is 4.34. The monoisotopic (exact) mass is 214 g/mol. The molecule has 16 heavy (non-hydrogen) atoms. The highest BCUT2D eigenvalue weighted by Crippen LogP contribution is 2.19. The van der Waals surface area contributed by atoms with Crippen LogP contribution in [0.25, 0.3) is 5.69 Å². The van der Waals surface area contributed by atoms with Gasteiger partial charge in [0.25, 0.3) is 0 Å². The van der Waals surface area contributed by atoms with Crippen LogP contribution < -0.4 is 5.73 Å². The molecule has 0 saturated carbocycles. The molecule has 1 unspecified atom stereocenters. The predicted octanol–water partition coefficient (Wildman–Crippen LogP) is 3.11. The van der Waals surface area contributed by atoms with E-state index in [-0.39, 0.29) is 6.04 Å². The summed E-state index contributed by atoms with van der Waals surface area (Å²) in [5.41, 5.74) is 10.8. The lowest BCUT2D eigenvalue weighted by Crippen LogP contribution is -2.06. The quantitative estimate of drug-likeness (QED) is 0.818. The zero-order valence-corrected chi connectivity index (χ0v) is 10.1. The van der Waals surface area contributed by atoms with Crippen LogP contribution >= 0.6 is 0 Å². The molecule has 0 fully saturated rings. The Morgan fingerprint density at radius 2 is 1.69 bits per heavy atom. The normalized spacial score (nSPS) is 12.8. The highest BCUT2D eigenvalue weighted by molar-refractivity contribution is 5.41. The van der Waals surface area contributed by atoms with Gasteiger partial charge in [0.1, 0.15) is 0 Å². The molecule has 2 nitrogen and oxygen atoms in total. The smallest absolute Gasteiger partial charge is 0.0458 e. The number of hydrogen-bond acceptors (Lipinski definition) is 1. The summed E-state index contributed by atoms with van der Waals surface area (Å²) in [6.07, 6.45) is 0. The molecular weight excluding hydrogens is 196 g/mol. The molecule has 0 bridgehead atoms. The Kier molecular flexibility index (Phi) is 2.84. The van der Waals surface area contributed by atoms with Gasteiger partial charge in [0, 0.05) is 23.1 Å². The Bertz CT molecular complexity index is 476. The molecule has 0 aliphatic rings. The van der Waals surface area contributed by atoms with Crippen LogP contribution in [0.3, 0.4) is 0 Å². The van der Waals surface area contributed by atoms with Crippen molar-refractivity contribution in [2.75, 3.05) is 0 Å². The highest BCUT2D eigenvalue weighted by atomic mass is 15.0. The molecule has 1 atom stereocenters. The fraction of sp³-hybridized carbons (Fsp3) is 0.286. The Morgan fingerprint density at radius 3 is 2.25 bits per heavy atom. The van der Waals surface area contributed by atoms with E-state index in [0.29, 0.717) is 0 Å². The van der Waals surface area contributed by atoms with Crippen LogP contribution in [0.5, 0.6) is 0 Å². The van der Waals surface area contributed by atoms with E-state index in [4.69, 9.17) is 5.73 Å². The highest BCUT2D eigenvalue weighted by Gasteiger charge is 2.05. The first-order valence-corrected chi connectivity index (χ1v) is 5.60. The molecule has 1 aromatic heterocycles. The summed E-state index contributed by atoms with van der Waals surface area (Å²) < 4.78 is 2.24. The van der Waals surface area contributed by atoms with E-state index in [1.54, 1.807) is 0 Å². The molecule has 0 aliphatic heterocycles. The van der Waals surface area contributed by atoms with Gasteiger partial charge in [-0.3, -0.25) is 0 Å². The van der Waals surface area contributed by atoms with Crippen LogP contribution in [-0.4, -0.2) is 4.57 Å². The van der Waals surface area contributed by atoms with Gasteiger partial charge < -0.3 is 10.3 Å². The SMILES string of the molecule is Cc1ccc(C)n1-c1cccc(C(C)N)c1. The molecule has 1 heterocycles. The van der Waals surface area contributed by atoms with Gasteiger partial charge in [-0.15, -0.1) is 0 Å². The van der Waals surface area contributed by atoms with E-state index in [2.05, 4.69) is 54.8 Å². The molecule has 84 valence electrons. The summed E-state index contributed by atoms with van der Waals surface area (Å²) in [6.45, 7) is 6.24. The van der Waals surface area contributed by atoms with Crippen LogP contribution in [0.15, 0.2) is 36.4 Å². The fourth-order valence-corrected chi connectivity index (χ4v) is 2.02. The molecule has 2 aromatic rings. The van der Waals surface area contributed by atoms with Crippen LogP contribution in [-0.2, 0) is 0 Å². The van der Waals surface area contributed by atoms with Crippen molar-refractivity contribution in [2.45, 2.75) is 26.8 Å². The van der Waals surface area contributed by atoms with Crippen LogP contribution in [0.1, 0.15) is 29.9 Å². The second-order valence-electron chi connectivity index (χ2n) is 4.34. The second kappa shape index (κ2) is 4.14. The number of nitrogens with zero attached hydrogens (tertiary/aromatic N) is 1. The molecule has 1 aromatic carbocycles. The lowest BCUT2D eigenvalue weighted by Gasteiger charge is -2.12. The van der Waals surface area contributed by atoms with E-state index in [9.17, 15) is 0 Å². The Labute approximate surface area is 96.7 Å². The third-order valence-electron chi connectivity index (χ3n) is 2.93. The topological polar surface area (TPSA) is 30.9 Å².